The maximum Gasteiger partial charge on any atom is 0.573 e. The fourth-order valence-electron chi connectivity index (χ4n) is 3.46. The molecule has 0 heterocycles. The average Bonchev–Trinajstić information content (AvgIpc) is 2.89. The number of carbonyl (C=O) groups is 2. The van der Waals surface area contributed by atoms with Crippen molar-refractivity contribution in [3.05, 3.63) is 83.9 Å². The lowest BCUT2D eigenvalue weighted by Gasteiger charge is -2.09. The molecule has 0 unspecified atom stereocenters. The Morgan fingerprint density at radius 3 is 1.53 bits per heavy atom. The van der Waals surface area contributed by atoms with Crippen LogP contribution in [0.15, 0.2) is 72.8 Å². The molecule has 38 heavy (non-hydrogen) atoms. The smallest absolute Gasteiger partial charge is 0.494 e. The fourth-order valence-corrected chi connectivity index (χ4v) is 3.46. The molecule has 3 rings (SSSR count). The second-order valence-corrected chi connectivity index (χ2v) is 8.46. The molecule has 0 aliphatic rings. The highest BCUT2D eigenvalue weighted by molar-refractivity contribution is 5.92. The molecule has 0 atom stereocenters. The zero-order valence-corrected chi connectivity index (χ0v) is 21.0. The number of unbranched alkanes of at least 4 members (excludes halogenated alkanes) is 5. The van der Waals surface area contributed by atoms with Crippen molar-refractivity contribution in [3.8, 4) is 23.0 Å². The Hall–Kier alpha value is -4.01. The molecule has 3 aromatic rings. The lowest BCUT2D eigenvalue weighted by atomic mass is 10.1. The highest BCUT2D eigenvalue weighted by Gasteiger charge is 2.31. The molecule has 202 valence electrons. The van der Waals surface area contributed by atoms with Gasteiger partial charge in [-0.3, -0.25) is 0 Å². The van der Waals surface area contributed by atoms with Crippen molar-refractivity contribution in [1.82, 2.24) is 0 Å². The predicted molar refractivity (Wildman–Crippen MR) is 135 cm³/mol. The van der Waals surface area contributed by atoms with Gasteiger partial charge in [0.05, 0.1) is 17.7 Å². The Morgan fingerprint density at radius 2 is 1.03 bits per heavy atom. The Morgan fingerprint density at radius 1 is 0.605 bits per heavy atom. The first-order valence-corrected chi connectivity index (χ1v) is 12.4. The van der Waals surface area contributed by atoms with Gasteiger partial charge in [0.25, 0.3) is 0 Å². The molecule has 3 aromatic carbocycles. The van der Waals surface area contributed by atoms with Gasteiger partial charge in [-0.1, -0.05) is 39.0 Å². The van der Waals surface area contributed by atoms with E-state index in [1.165, 1.54) is 49.9 Å². The van der Waals surface area contributed by atoms with Crippen molar-refractivity contribution in [3.63, 3.8) is 0 Å². The summed E-state index contributed by atoms with van der Waals surface area (Å²) < 4.78 is 56.8. The van der Waals surface area contributed by atoms with E-state index in [1.54, 1.807) is 24.3 Å². The van der Waals surface area contributed by atoms with Crippen LogP contribution >= 0.6 is 0 Å². The monoisotopic (exact) mass is 530 g/mol. The first-order chi connectivity index (χ1) is 18.2. The highest BCUT2D eigenvalue weighted by atomic mass is 19.4. The maximum atomic E-state index is 12.5. The normalized spacial score (nSPS) is 11.1. The molecule has 0 aliphatic heterocycles. The van der Waals surface area contributed by atoms with Gasteiger partial charge in [0.1, 0.15) is 23.0 Å². The molecule has 0 amide bonds. The third-order valence-corrected chi connectivity index (χ3v) is 5.43. The minimum absolute atomic E-state index is 0.0300. The average molecular weight is 531 g/mol. The van der Waals surface area contributed by atoms with Crippen molar-refractivity contribution >= 4 is 11.9 Å². The van der Waals surface area contributed by atoms with Crippen molar-refractivity contribution in [2.45, 2.75) is 51.8 Å². The molecule has 0 fully saturated rings. The van der Waals surface area contributed by atoms with Crippen LogP contribution in [0.2, 0.25) is 0 Å². The van der Waals surface area contributed by atoms with Gasteiger partial charge in [-0.25, -0.2) is 9.59 Å². The number of hydrogen-bond acceptors (Lipinski definition) is 6. The summed E-state index contributed by atoms with van der Waals surface area (Å²) in [4.78, 5) is 24.7. The first-order valence-electron chi connectivity index (χ1n) is 12.4. The minimum atomic E-state index is -4.82. The lowest BCUT2D eigenvalue weighted by Crippen LogP contribution is -2.17. The molecule has 0 bridgehead atoms. The summed E-state index contributed by atoms with van der Waals surface area (Å²) in [6.07, 6.45) is 2.27. The molecule has 0 aromatic heterocycles. The second-order valence-electron chi connectivity index (χ2n) is 8.46. The second kappa shape index (κ2) is 14.1. The largest absolute Gasteiger partial charge is 0.573 e. The number of carbonyl (C=O) groups excluding carboxylic acids is 2. The van der Waals surface area contributed by atoms with Crippen molar-refractivity contribution in [2.24, 2.45) is 0 Å². The molecular formula is C29H29F3O6. The van der Waals surface area contributed by atoms with Gasteiger partial charge in [0.15, 0.2) is 0 Å². The summed E-state index contributed by atoms with van der Waals surface area (Å²) in [7, 11) is 0. The summed E-state index contributed by atoms with van der Waals surface area (Å²) in [5.74, 6) is -0.620. The van der Waals surface area contributed by atoms with Gasteiger partial charge in [-0.05, 0) is 79.2 Å². The number of hydrogen-bond donors (Lipinski definition) is 0. The maximum absolute atomic E-state index is 12.5. The lowest BCUT2D eigenvalue weighted by molar-refractivity contribution is -0.274. The van der Waals surface area contributed by atoms with E-state index in [4.69, 9.17) is 14.2 Å². The van der Waals surface area contributed by atoms with Gasteiger partial charge < -0.3 is 18.9 Å². The van der Waals surface area contributed by atoms with Gasteiger partial charge in [0, 0.05) is 0 Å². The van der Waals surface area contributed by atoms with E-state index in [0.717, 1.165) is 37.1 Å². The van der Waals surface area contributed by atoms with Gasteiger partial charge in [-0.15, -0.1) is 13.2 Å². The fraction of sp³-hybridized carbons (Fsp3) is 0.310. The van der Waals surface area contributed by atoms with Crippen LogP contribution in [0.5, 0.6) is 23.0 Å². The summed E-state index contributed by atoms with van der Waals surface area (Å²) >= 11 is 0. The number of alkyl halides is 3. The Bertz CT molecular complexity index is 1160. The molecule has 0 N–H and O–H groups in total. The summed E-state index contributed by atoms with van der Waals surface area (Å²) in [5.41, 5.74) is 0.268. The predicted octanol–water partition coefficient (Wildman–Crippen LogP) is 7.76. The van der Waals surface area contributed by atoms with E-state index >= 15 is 0 Å². The van der Waals surface area contributed by atoms with E-state index in [0.29, 0.717) is 18.1 Å². The molecule has 0 spiro atoms. The standard InChI is InChI=1S/C29H29F3O6/c1-2-3-4-5-6-7-20-35-23-16-18-25(19-17-23)37-27(33)21-8-12-24(13-9-21)36-28(34)22-10-14-26(15-11-22)38-29(30,31)32/h8-19H,2-7,20H2,1H3. The summed E-state index contributed by atoms with van der Waals surface area (Å²) in [5, 5.41) is 0. The zero-order valence-electron chi connectivity index (χ0n) is 21.0. The van der Waals surface area contributed by atoms with E-state index < -0.39 is 24.1 Å². The molecule has 6 nitrogen and oxygen atoms in total. The van der Waals surface area contributed by atoms with Crippen LogP contribution in [-0.4, -0.2) is 24.9 Å². The number of ether oxygens (including phenoxy) is 4. The third kappa shape index (κ3) is 9.80. The SMILES string of the molecule is CCCCCCCCOc1ccc(OC(=O)c2ccc(OC(=O)c3ccc(OC(F)(F)F)cc3)cc2)cc1. The van der Waals surface area contributed by atoms with Crippen LogP contribution in [0.3, 0.4) is 0 Å². The van der Waals surface area contributed by atoms with Crippen molar-refractivity contribution in [2.75, 3.05) is 6.61 Å². The van der Waals surface area contributed by atoms with Crippen LogP contribution in [0.1, 0.15) is 66.2 Å². The van der Waals surface area contributed by atoms with Crippen LogP contribution in [-0.2, 0) is 0 Å². The molecule has 0 saturated carbocycles. The quantitative estimate of drug-likeness (QED) is 0.128. The Kier molecular flexibility index (Phi) is 10.6. The van der Waals surface area contributed by atoms with Crippen LogP contribution in [0.4, 0.5) is 13.2 Å². The van der Waals surface area contributed by atoms with Gasteiger partial charge in [-0.2, -0.15) is 0 Å². The minimum Gasteiger partial charge on any atom is -0.494 e. The van der Waals surface area contributed by atoms with Gasteiger partial charge in [0.2, 0.25) is 0 Å². The van der Waals surface area contributed by atoms with Crippen LogP contribution in [0.25, 0.3) is 0 Å². The molecule has 0 aliphatic carbocycles. The number of esters is 2. The Labute approximate surface area is 219 Å². The molecule has 0 radical (unpaired) electrons. The Balaban J connectivity index is 1.45. The van der Waals surface area contributed by atoms with Gasteiger partial charge >= 0.3 is 18.3 Å². The molecule has 9 heteroatoms. The van der Waals surface area contributed by atoms with E-state index in [1.807, 2.05) is 0 Å². The molecular weight excluding hydrogens is 501 g/mol. The third-order valence-electron chi connectivity index (χ3n) is 5.43. The summed E-state index contributed by atoms with van der Waals surface area (Å²) in [6.45, 7) is 2.83. The van der Waals surface area contributed by atoms with Crippen LogP contribution in [0, 0.1) is 0 Å². The number of benzene rings is 3. The van der Waals surface area contributed by atoms with E-state index in [-0.39, 0.29) is 16.9 Å². The van der Waals surface area contributed by atoms with E-state index in [2.05, 4.69) is 11.7 Å². The van der Waals surface area contributed by atoms with Crippen molar-refractivity contribution in [1.29, 1.82) is 0 Å². The van der Waals surface area contributed by atoms with Crippen molar-refractivity contribution < 1.29 is 41.7 Å². The van der Waals surface area contributed by atoms with Crippen LogP contribution < -0.4 is 18.9 Å². The zero-order chi connectivity index (χ0) is 27.4. The number of rotatable bonds is 13. The summed E-state index contributed by atoms with van der Waals surface area (Å²) in [6, 6.07) is 16.8. The highest BCUT2D eigenvalue weighted by Crippen LogP contribution is 2.24. The topological polar surface area (TPSA) is 71.1 Å². The first kappa shape index (κ1) is 28.6. The van der Waals surface area contributed by atoms with E-state index in [9.17, 15) is 22.8 Å². The number of halogens is 3. The molecule has 0 saturated heterocycles.